The molecule has 0 amide bonds. The third-order valence-electron chi connectivity index (χ3n) is 4.74. The van der Waals surface area contributed by atoms with Crippen molar-refractivity contribution in [1.82, 2.24) is 0 Å². The summed E-state index contributed by atoms with van der Waals surface area (Å²) >= 11 is 0. The van der Waals surface area contributed by atoms with Crippen LogP contribution in [0.25, 0.3) is 6.08 Å². The third-order valence-corrected chi connectivity index (χ3v) is 4.74. The molecular formula is C22H19F3O6. The molecule has 1 fully saturated rings. The molecule has 31 heavy (non-hydrogen) atoms. The standard InChI is InChI=1S/C22H19F3O6/c1-29-18-8-4-15(5-9-18)19(27)30-13-21(12-26)11-16(20(28)31-21)10-14-2-6-17(7-3-14)22(23,24)25/h2-10,26H,11-13H2,1H3/b16-10-. The fourth-order valence-electron chi connectivity index (χ4n) is 3.02. The van der Waals surface area contributed by atoms with E-state index in [-0.39, 0.29) is 24.2 Å². The van der Waals surface area contributed by atoms with E-state index in [4.69, 9.17) is 14.2 Å². The van der Waals surface area contributed by atoms with Crippen LogP contribution in [0.1, 0.15) is 27.9 Å². The average molecular weight is 436 g/mol. The zero-order valence-corrected chi connectivity index (χ0v) is 16.4. The van der Waals surface area contributed by atoms with Crippen LogP contribution in [0.15, 0.2) is 54.1 Å². The Balaban J connectivity index is 1.69. The van der Waals surface area contributed by atoms with Crippen LogP contribution in [0.4, 0.5) is 13.2 Å². The second-order valence-electron chi connectivity index (χ2n) is 7.00. The minimum atomic E-state index is -4.46. The molecule has 2 aromatic carbocycles. The van der Waals surface area contributed by atoms with E-state index in [1.54, 1.807) is 12.1 Å². The van der Waals surface area contributed by atoms with Crippen LogP contribution in [0.3, 0.4) is 0 Å². The molecule has 6 nitrogen and oxygen atoms in total. The Morgan fingerprint density at radius 1 is 1.16 bits per heavy atom. The lowest BCUT2D eigenvalue weighted by Gasteiger charge is -2.24. The largest absolute Gasteiger partial charge is 0.497 e. The van der Waals surface area contributed by atoms with E-state index in [0.29, 0.717) is 11.3 Å². The monoisotopic (exact) mass is 436 g/mol. The van der Waals surface area contributed by atoms with Gasteiger partial charge in [0.2, 0.25) is 0 Å². The van der Waals surface area contributed by atoms with Crippen LogP contribution in [-0.4, -0.2) is 43.0 Å². The maximum Gasteiger partial charge on any atom is 0.416 e. The Morgan fingerprint density at radius 3 is 2.35 bits per heavy atom. The number of benzene rings is 2. The van der Waals surface area contributed by atoms with Crippen molar-refractivity contribution in [3.05, 3.63) is 70.8 Å². The smallest absolute Gasteiger partial charge is 0.416 e. The lowest BCUT2D eigenvalue weighted by atomic mass is 9.97. The predicted octanol–water partition coefficient (Wildman–Crippen LogP) is 3.63. The molecule has 1 aliphatic heterocycles. The van der Waals surface area contributed by atoms with Gasteiger partial charge in [-0.1, -0.05) is 12.1 Å². The SMILES string of the molecule is COc1ccc(C(=O)OCC2(CO)C/C(=C/c3ccc(C(F)(F)F)cc3)C(=O)O2)cc1. The van der Waals surface area contributed by atoms with E-state index in [9.17, 15) is 27.9 Å². The fourth-order valence-corrected chi connectivity index (χ4v) is 3.02. The van der Waals surface area contributed by atoms with Crippen molar-refractivity contribution < 1.29 is 42.1 Å². The van der Waals surface area contributed by atoms with Gasteiger partial charge in [-0.15, -0.1) is 0 Å². The highest BCUT2D eigenvalue weighted by Gasteiger charge is 2.44. The molecule has 164 valence electrons. The highest BCUT2D eigenvalue weighted by molar-refractivity contribution is 5.96. The molecule has 1 atom stereocenters. The van der Waals surface area contributed by atoms with Gasteiger partial charge in [0.25, 0.3) is 0 Å². The zero-order valence-electron chi connectivity index (χ0n) is 16.4. The minimum absolute atomic E-state index is 0.0702. The quantitative estimate of drug-likeness (QED) is 0.550. The third kappa shape index (κ3) is 5.24. The van der Waals surface area contributed by atoms with E-state index in [2.05, 4.69) is 0 Å². The number of esters is 2. The first-order chi connectivity index (χ1) is 14.7. The molecule has 0 radical (unpaired) electrons. The van der Waals surface area contributed by atoms with Crippen molar-refractivity contribution in [3.8, 4) is 5.75 Å². The molecule has 9 heteroatoms. The molecular weight excluding hydrogens is 417 g/mol. The number of hydrogen-bond donors (Lipinski definition) is 1. The number of halogens is 3. The Morgan fingerprint density at radius 2 is 1.81 bits per heavy atom. The molecule has 0 aromatic heterocycles. The molecule has 2 aromatic rings. The van der Waals surface area contributed by atoms with Crippen molar-refractivity contribution in [2.24, 2.45) is 0 Å². The zero-order chi connectivity index (χ0) is 22.6. The van der Waals surface area contributed by atoms with Crippen LogP contribution < -0.4 is 4.74 Å². The van der Waals surface area contributed by atoms with Crippen molar-refractivity contribution in [1.29, 1.82) is 0 Å². The maximum atomic E-state index is 12.7. The van der Waals surface area contributed by atoms with Gasteiger partial charge < -0.3 is 19.3 Å². The Bertz CT molecular complexity index is 980. The van der Waals surface area contributed by atoms with Crippen LogP contribution in [0.5, 0.6) is 5.75 Å². The summed E-state index contributed by atoms with van der Waals surface area (Å²) in [6.45, 7) is -0.983. The Labute approximate surface area is 175 Å². The first-order valence-electron chi connectivity index (χ1n) is 9.19. The number of aliphatic hydroxyl groups is 1. The molecule has 1 saturated heterocycles. The van der Waals surface area contributed by atoms with Crippen molar-refractivity contribution >= 4 is 18.0 Å². The molecule has 0 bridgehead atoms. The second-order valence-corrected chi connectivity index (χ2v) is 7.00. The molecule has 1 heterocycles. The minimum Gasteiger partial charge on any atom is -0.497 e. The lowest BCUT2D eigenvalue weighted by molar-refractivity contribution is -0.154. The van der Waals surface area contributed by atoms with Crippen LogP contribution in [0, 0.1) is 0 Å². The van der Waals surface area contributed by atoms with Gasteiger partial charge in [0.1, 0.15) is 12.4 Å². The van der Waals surface area contributed by atoms with Gasteiger partial charge in [-0.05, 0) is 48.0 Å². The Hall–Kier alpha value is -3.33. The summed E-state index contributed by atoms with van der Waals surface area (Å²) in [7, 11) is 1.49. The number of rotatable bonds is 6. The van der Waals surface area contributed by atoms with Crippen LogP contribution in [-0.2, 0) is 20.4 Å². The summed E-state index contributed by atoms with van der Waals surface area (Å²) in [6, 6.07) is 10.4. The van der Waals surface area contributed by atoms with Gasteiger partial charge in [0, 0.05) is 12.0 Å². The Kier molecular flexibility index (Phi) is 6.35. The number of methoxy groups -OCH3 is 1. The van der Waals surface area contributed by atoms with Gasteiger partial charge in [-0.3, -0.25) is 0 Å². The number of carbonyl (C=O) groups is 2. The number of hydrogen-bond acceptors (Lipinski definition) is 6. The van der Waals surface area contributed by atoms with E-state index in [1.807, 2.05) is 0 Å². The van der Waals surface area contributed by atoms with Gasteiger partial charge in [0.15, 0.2) is 5.60 Å². The number of alkyl halides is 3. The summed E-state index contributed by atoms with van der Waals surface area (Å²) in [5.74, 6) is -0.854. The van der Waals surface area contributed by atoms with E-state index in [0.717, 1.165) is 12.1 Å². The highest BCUT2D eigenvalue weighted by atomic mass is 19.4. The summed E-state index contributed by atoms with van der Waals surface area (Å²) in [4.78, 5) is 24.5. The topological polar surface area (TPSA) is 82.1 Å². The van der Waals surface area contributed by atoms with Gasteiger partial charge in [-0.2, -0.15) is 13.2 Å². The molecule has 1 N–H and O–H groups in total. The van der Waals surface area contributed by atoms with E-state index in [1.165, 1.54) is 37.5 Å². The summed E-state index contributed by atoms with van der Waals surface area (Å²) in [5, 5.41) is 9.76. The van der Waals surface area contributed by atoms with E-state index >= 15 is 0 Å². The number of carbonyl (C=O) groups excluding carboxylic acids is 2. The van der Waals surface area contributed by atoms with Crippen molar-refractivity contribution in [2.45, 2.75) is 18.2 Å². The van der Waals surface area contributed by atoms with Crippen molar-refractivity contribution in [3.63, 3.8) is 0 Å². The molecule has 0 spiro atoms. The van der Waals surface area contributed by atoms with E-state index < -0.39 is 35.9 Å². The summed E-state index contributed by atoms with van der Waals surface area (Å²) in [6.07, 6.45) is -3.15. The summed E-state index contributed by atoms with van der Waals surface area (Å²) in [5.41, 5.74) is -1.51. The molecule has 0 aliphatic carbocycles. The second kappa shape index (κ2) is 8.81. The molecule has 3 rings (SSSR count). The number of cyclic esters (lactones) is 1. The first kappa shape index (κ1) is 22.4. The maximum absolute atomic E-state index is 12.7. The fraction of sp³-hybridized carbons (Fsp3) is 0.273. The normalized spacial score (nSPS) is 19.9. The predicted molar refractivity (Wildman–Crippen MR) is 103 cm³/mol. The van der Waals surface area contributed by atoms with Crippen LogP contribution in [0.2, 0.25) is 0 Å². The number of aliphatic hydroxyl groups excluding tert-OH is 1. The first-order valence-corrected chi connectivity index (χ1v) is 9.19. The van der Waals surface area contributed by atoms with Crippen molar-refractivity contribution in [2.75, 3.05) is 20.3 Å². The van der Waals surface area contributed by atoms with Gasteiger partial charge >= 0.3 is 18.1 Å². The number of ether oxygens (including phenoxy) is 3. The highest BCUT2D eigenvalue weighted by Crippen LogP contribution is 2.33. The average Bonchev–Trinajstić information content (AvgIpc) is 3.07. The van der Waals surface area contributed by atoms with Gasteiger partial charge in [-0.25, -0.2) is 9.59 Å². The lowest BCUT2D eigenvalue weighted by Crippen LogP contribution is -2.39. The van der Waals surface area contributed by atoms with Gasteiger partial charge in [0.05, 0.1) is 24.8 Å². The molecule has 0 saturated carbocycles. The molecule has 1 unspecified atom stereocenters. The molecule has 1 aliphatic rings. The van der Waals surface area contributed by atoms with Crippen LogP contribution >= 0.6 is 0 Å². The summed E-state index contributed by atoms with van der Waals surface area (Å²) < 4.78 is 53.5.